The third-order valence-electron chi connectivity index (χ3n) is 5.52. The summed E-state index contributed by atoms with van der Waals surface area (Å²) in [6.45, 7) is 5.05. The van der Waals surface area contributed by atoms with Gasteiger partial charge in [-0.15, -0.1) is 0 Å². The lowest BCUT2D eigenvalue weighted by Crippen LogP contribution is -2.32. The van der Waals surface area contributed by atoms with E-state index >= 15 is 0 Å². The molecule has 0 radical (unpaired) electrons. The lowest BCUT2D eigenvalue weighted by atomic mass is 10.1. The van der Waals surface area contributed by atoms with Crippen molar-refractivity contribution in [3.63, 3.8) is 0 Å². The van der Waals surface area contributed by atoms with Gasteiger partial charge in [0.1, 0.15) is 18.1 Å². The molecule has 3 aromatic carbocycles. The lowest BCUT2D eigenvalue weighted by Gasteiger charge is -2.17. The van der Waals surface area contributed by atoms with Gasteiger partial charge in [-0.2, -0.15) is 0 Å². The summed E-state index contributed by atoms with van der Waals surface area (Å²) >= 11 is 1.37. The SMILES string of the molecule is COc1ccc(N=C2S/C(=C/c3ccc(OCc4ccc(C(=O)O)cc4)cc3)C(=O)N2CC(C)C)cc1. The number of methoxy groups -OCH3 is 1. The summed E-state index contributed by atoms with van der Waals surface area (Å²) in [6.07, 6.45) is 1.87. The Bertz CT molecular complexity index is 1310. The van der Waals surface area contributed by atoms with E-state index in [1.54, 1.807) is 36.3 Å². The minimum absolute atomic E-state index is 0.0592. The summed E-state index contributed by atoms with van der Waals surface area (Å²) in [5.41, 5.74) is 2.75. The quantitative estimate of drug-likeness (QED) is 0.339. The maximum Gasteiger partial charge on any atom is 0.335 e. The van der Waals surface area contributed by atoms with Crippen LogP contribution in [0.4, 0.5) is 5.69 Å². The third kappa shape index (κ3) is 6.80. The predicted octanol–water partition coefficient (Wildman–Crippen LogP) is 6.23. The van der Waals surface area contributed by atoms with Gasteiger partial charge in [-0.3, -0.25) is 9.69 Å². The number of nitrogens with zero attached hydrogens (tertiary/aromatic N) is 2. The first-order valence-electron chi connectivity index (χ1n) is 11.8. The molecule has 0 atom stereocenters. The highest BCUT2D eigenvalue weighted by Crippen LogP contribution is 2.35. The van der Waals surface area contributed by atoms with Gasteiger partial charge in [-0.05, 0) is 83.4 Å². The number of aliphatic imine (C=N–C) groups is 1. The Morgan fingerprint density at radius 3 is 2.24 bits per heavy atom. The van der Waals surface area contributed by atoms with Crippen molar-refractivity contribution < 1.29 is 24.2 Å². The molecule has 0 spiro atoms. The van der Waals surface area contributed by atoms with Crippen LogP contribution < -0.4 is 9.47 Å². The maximum absolute atomic E-state index is 13.2. The molecule has 0 saturated carbocycles. The van der Waals surface area contributed by atoms with Gasteiger partial charge in [0.15, 0.2) is 5.17 Å². The zero-order valence-corrected chi connectivity index (χ0v) is 21.7. The molecule has 3 aromatic rings. The van der Waals surface area contributed by atoms with Gasteiger partial charge < -0.3 is 14.6 Å². The zero-order chi connectivity index (χ0) is 26.4. The van der Waals surface area contributed by atoms with Gasteiger partial charge in [-0.25, -0.2) is 9.79 Å². The maximum atomic E-state index is 13.2. The molecular formula is C29H28N2O5S. The van der Waals surface area contributed by atoms with E-state index < -0.39 is 5.97 Å². The molecule has 7 nitrogen and oxygen atoms in total. The van der Waals surface area contributed by atoms with E-state index in [0.29, 0.717) is 34.9 Å². The molecular weight excluding hydrogens is 488 g/mol. The van der Waals surface area contributed by atoms with Crippen molar-refractivity contribution in [3.05, 3.63) is 94.4 Å². The molecule has 1 saturated heterocycles. The zero-order valence-electron chi connectivity index (χ0n) is 20.9. The van der Waals surface area contributed by atoms with Crippen LogP contribution in [0.25, 0.3) is 6.08 Å². The number of hydrogen-bond acceptors (Lipinski definition) is 6. The standard InChI is InChI=1S/C29H28N2O5S/c1-19(2)17-31-27(32)26(37-29(31)30-23-10-14-24(35-3)15-11-23)16-20-6-12-25(13-7-20)36-18-21-4-8-22(9-5-21)28(33)34/h4-16,19H,17-18H2,1-3H3,(H,33,34)/b26-16+,30-29?. The Balaban J connectivity index is 1.46. The minimum Gasteiger partial charge on any atom is -0.497 e. The fourth-order valence-electron chi connectivity index (χ4n) is 3.61. The second-order valence-corrected chi connectivity index (χ2v) is 9.88. The highest BCUT2D eigenvalue weighted by atomic mass is 32.2. The summed E-state index contributed by atoms with van der Waals surface area (Å²) in [5.74, 6) is 0.709. The number of carboxylic acids is 1. The van der Waals surface area contributed by atoms with Crippen LogP contribution in [0.5, 0.6) is 11.5 Å². The number of hydrogen-bond donors (Lipinski definition) is 1. The average molecular weight is 517 g/mol. The van der Waals surface area contributed by atoms with E-state index in [0.717, 1.165) is 22.6 Å². The number of carboxylic acid groups (broad SMARTS) is 1. The number of aromatic carboxylic acids is 1. The molecule has 1 fully saturated rings. The molecule has 4 rings (SSSR count). The van der Waals surface area contributed by atoms with E-state index in [2.05, 4.69) is 13.8 Å². The number of benzene rings is 3. The first-order chi connectivity index (χ1) is 17.8. The van der Waals surface area contributed by atoms with Crippen LogP contribution in [0, 0.1) is 5.92 Å². The van der Waals surface area contributed by atoms with Gasteiger partial charge in [0.05, 0.1) is 23.3 Å². The number of rotatable bonds is 9. The molecule has 1 heterocycles. The number of ether oxygens (including phenoxy) is 2. The number of amides is 1. The van der Waals surface area contributed by atoms with Crippen molar-refractivity contribution in [3.8, 4) is 11.5 Å². The van der Waals surface area contributed by atoms with Gasteiger partial charge in [0.2, 0.25) is 0 Å². The van der Waals surface area contributed by atoms with Crippen LogP contribution >= 0.6 is 11.8 Å². The molecule has 190 valence electrons. The number of carbonyl (C=O) groups excluding carboxylic acids is 1. The summed E-state index contributed by atoms with van der Waals surface area (Å²) in [6, 6.07) is 21.5. The second-order valence-electron chi connectivity index (χ2n) is 8.87. The Kier molecular flexibility index (Phi) is 8.30. The molecule has 1 aliphatic rings. The first-order valence-corrected chi connectivity index (χ1v) is 12.6. The summed E-state index contributed by atoms with van der Waals surface area (Å²) < 4.78 is 11.0. The van der Waals surface area contributed by atoms with Crippen molar-refractivity contribution in [2.75, 3.05) is 13.7 Å². The van der Waals surface area contributed by atoms with Crippen LogP contribution in [0.3, 0.4) is 0 Å². The topological polar surface area (TPSA) is 88.4 Å². The summed E-state index contributed by atoms with van der Waals surface area (Å²) in [5, 5.41) is 9.66. The van der Waals surface area contributed by atoms with Gasteiger partial charge in [0.25, 0.3) is 5.91 Å². The van der Waals surface area contributed by atoms with E-state index in [1.165, 1.54) is 11.8 Å². The predicted molar refractivity (Wildman–Crippen MR) is 146 cm³/mol. The highest BCUT2D eigenvalue weighted by Gasteiger charge is 2.33. The fourth-order valence-corrected chi connectivity index (χ4v) is 4.61. The molecule has 1 amide bonds. The van der Waals surface area contributed by atoms with E-state index in [9.17, 15) is 9.59 Å². The Morgan fingerprint density at radius 2 is 1.65 bits per heavy atom. The van der Waals surface area contributed by atoms with Crippen LogP contribution in [-0.2, 0) is 11.4 Å². The molecule has 8 heteroatoms. The molecule has 37 heavy (non-hydrogen) atoms. The molecule has 0 aliphatic carbocycles. The van der Waals surface area contributed by atoms with Crippen molar-refractivity contribution in [1.82, 2.24) is 4.90 Å². The minimum atomic E-state index is -0.956. The monoisotopic (exact) mass is 516 g/mol. The summed E-state index contributed by atoms with van der Waals surface area (Å²) in [7, 11) is 1.62. The fraction of sp³-hybridized carbons (Fsp3) is 0.207. The Hall–Kier alpha value is -4.04. The number of carbonyl (C=O) groups is 2. The Morgan fingerprint density at radius 1 is 1.00 bits per heavy atom. The normalized spacial score (nSPS) is 15.6. The number of thioether (sulfide) groups is 1. The van der Waals surface area contributed by atoms with Crippen LogP contribution in [-0.4, -0.2) is 40.7 Å². The third-order valence-corrected chi connectivity index (χ3v) is 6.52. The summed E-state index contributed by atoms with van der Waals surface area (Å²) in [4.78, 5) is 31.3. The van der Waals surface area contributed by atoms with Crippen molar-refractivity contribution in [1.29, 1.82) is 0 Å². The molecule has 1 aliphatic heterocycles. The van der Waals surface area contributed by atoms with Crippen LogP contribution in [0.15, 0.2) is 82.7 Å². The molecule has 0 aromatic heterocycles. The van der Waals surface area contributed by atoms with E-state index in [4.69, 9.17) is 19.6 Å². The molecule has 0 bridgehead atoms. The van der Waals surface area contributed by atoms with Crippen molar-refractivity contribution in [2.24, 2.45) is 10.9 Å². The Labute approximate surface area is 220 Å². The molecule has 0 unspecified atom stereocenters. The average Bonchev–Trinajstić information content (AvgIpc) is 3.17. The van der Waals surface area contributed by atoms with Crippen LogP contribution in [0.2, 0.25) is 0 Å². The highest BCUT2D eigenvalue weighted by molar-refractivity contribution is 8.18. The van der Waals surface area contributed by atoms with Gasteiger partial charge in [0, 0.05) is 6.54 Å². The largest absolute Gasteiger partial charge is 0.497 e. The van der Waals surface area contributed by atoms with Gasteiger partial charge >= 0.3 is 5.97 Å². The smallest absolute Gasteiger partial charge is 0.335 e. The number of amidine groups is 1. The first kappa shape index (κ1) is 26.0. The van der Waals surface area contributed by atoms with E-state index in [-0.39, 0.29) is 11.5 Å². The van der Waals surface area contributed by atoms with Crippen LogP contribution in [0.1, 0.15) is 35.3 Å². The van der Waals surface area contributed by atoms with E-state index in [1.807, 2.05) is 54.6 Å². The van der Waals surface area contributed by atoms with Gasteiger partial charge in [-0.1, -0.05) is 38.1 Å². The molecule has 1 N–H and O–H groups in total. The second kappa shape index (κ2) is 11.8. The van der Waals surface area contributed by atoms with Crippen molar-refractivity contribution >= 4 is 40.6 Å². The van der Waals surface area contributed by atoms with Crippen molar-refractivity contribution in [2.45, 2.75) is 20.5 Å². The lowest BCUT2D eigenvalue weighted by molar-refractivity contribution is -0.122.